The quantitative estimate of drug-likeness (QED) is 0.695. The predicted octanol–water partition coefficient (Wildman–Crippen LogP) is 3.17. The molecule has 3 aromatic heterocycles. The molecule has 6 heteroatoms. The Labute approximate surface area is 137 Å². The fraction of sp³-hybridized carbons (Fsp3) is 0.235. The molecule has 0 N–H and O–H groups in total. The molecule has 0 bridgehead atoms. The van der Waals surface area contributed by atoms with Crippen molar-refractivity contribution in [1.29, 1.82) is 0 Å². The van der Waals surface area contributed by atoms with Crippen molar-refractivity contribution in [2.45, 2.75) is 18.9 Å². The molecule has 0 radical (unpaired) electrons. The Balaban J connectivity index is 1.60. The molecule has 116 valence electrons. The van der Waals surface area contributed by atoms with Crippen LogP contribution in [-0.4, -0.2) is 31.9 Å². The SMILES string of the molecule is O=C(/C=C/c1ccsc1)N1CCC[C@@H]1c1nnc2ccccn12. The fourth-order valence-corrected chi connectivity index (χ4v) is 3.65. The third-order valence-electron chi connectivity index (χ3n) is 4.14. The lowest BCUT2D eigenvalue weighted by Crippen LogP contribution is -2.30. The molecule has 1 atom stereocenters. The van der Waals surface area contributed by atoms with Crippen molar-refractivity contribution in [3.05, 3.63) is 58.7 Å². The largest absolute Gasteiger partial charge is 0.329 e. The normalized spacial score (nSPS) is 18.3. The lowest BCUT2D eigenvalue weighted by molar-refractivity contribution is -0.127. The van der Waals surface area contributed by atoms with Gasteiger partial charge in [-0.25, -0.2) is 0 Å². The van der Waals surface area contributed by atoms with Crippen molar-refractivity contribution in [2.75, 3.05) is 6.54 Å². The van der Waals surface area contributed by atoms with Gasteiger partial charge in [-0.15, -0.1) is 10.2 Å². The van der Waals surface area contributed by atoms with Gasteiger partial charge in [-0.3, -0.25) is 9.20 Å². The molecule has 5 nitrogen and oxygen atoms in total. The van der Waals surface area contributed by atoms with E-state index in [0.29, 0.717) is 0 Å². The number of likely N-dealkylation sites (tertiary alicyclic amines) is 1. The first kappa shape index (κ1) is 14.1. The van der Waals surface area contributed by atoms with Gasteiger partial charge in [0.25, 0.3) is 0 Å². The Bertz CT molecular complexity index is 852. The van der Waals surface area contributed by atoms with Gasteiger partial charge in [0.05, 0.1) is 6.04 Å². The van der Waals surface area contributed by atoms with Gasteiger partial charge in [0, 0.05) is 18.8 Å². The van der Waals surface area contributed by atoms with Gasteiger partial charge in [0.15, 0.2) is 11.5 Å². The maximum Gasteiger partial charge on any atom is 0.247 e. The van der Waals surface area contributed by atoms with E-state index in [4.69, 9.17) is 0 Å². The van der Waals surface area contributed by atoms with Crippen LogP contribution in [0.2, 0.25) is 0 Å². The van der Waals surface area contributed by atoms with E-state index in [0.717, 1.165) is 36.4 Å². The number of aromatic nitrogens is 3. The van der Waals surface area contributed by atoms with Crippen LogP contribution in [0, 0.1) is 0 Å². The van der Waals surface area contributed by atoms with Gasteiger partial charge in [0.1, 0.15) is 0 Å². The highest BCUT2D eigenvalue weighted by Crippen LogP contribution is 2.31. The van der Waals surface area contributed by atoms with E-state index in [1.165, 1.54) is 0 Å². The minimum absolute atomic E-state index is 0.00738. The number of thiophene rings is 1. The number of fused-ring (bicyclic) bond motifs is 1. The van der Waals surface area contributed by atoms with Gasteiger partial charge in [0.2, 0.25) is 5.91 Å². The summed E-state index contributed by atoms with van der Waals surface area (Å²) in [6, 6.07) is 7.81. The molecule has 1 amide bonds. The molecular weight excluding hydrogens is 308 g/mol. The summed E-state index contributed by atoms with van der Waals surface area (Å²) in [4.78, 5) is 14.5. The molecule has 1 saturated heterocycles. The van der Waals surface area contributed by atoms with Crippen molar-refractivity contribution in [1.82, 2.24) is 19.5 Å². The highest BCUT2D eigenvalue weighted by atomic mass is 32.1. The van der Waals surface area contributed by atoms with Crippen molar-refractivity contribution in [3.8, 4) is 0 Å². The van der Waals surface area contributed by atoms with E-state index >= 15 is 0 Å². The summed E-state index contributed by atoms with van der Waals surface area (Å²) in [6.45, 7) is 0.763. The van der Waals surface area contributed by atoms with E-state index in [1.807, 2.05) is 56.6 Å². The third kappa shape index (κ3) is 2.66. The van der Waals surface area contributed by atoms with Gasteiger partial charge in [-0.1, -0.05) is 6.07 Å². The summed E-state index contributed by atoms with van der Waals surface area (Å²) in [7, 11) is 0. The van der Waals surface area contributed by atoms with Crippen LogP contribution in [-0.2, 0) is 4.79 Å². The number of pyridine rings is 1. The first-order valence-electron chi connectivity index (χ1n) is 7.63. The zero-order valence-electron chi connectivity index (χ0n) is 12.5. The van der Waals surface area contributed by atoms with Gasteiger partial charge < -0.3 is 4.90 Å². The van der Waals surface area contributed by atoms with Crippen LogP contribution in [0.1, 0.15) is 30.3 Å². The summed E-state index contributed by atoms with van der Waals surface area (Å²) >= 11 is 1.63. The van der Waals surface area contributed by atoms with Gasteiger partial charge in [-0.05, 0) is 53.4 Å². The first-order chi connectivity index (χ1) is 11.3. The second kappa shape index (κ2) is 5.96. The molecule has 0 aromatic carbocycles. The number of rotatable bonds is 3. The van der Waals surface area contributed by atoms with Crippen LogP contribution >= 0.6 is 11.3 Å². The molecule has 0 saturated carbocycles. The summed E-state index contributed by atoms with van der Waals surface area (Å²) in [5, 5.41) is 12.5. The molecule has 3 aromatic rings. The topological polar surface area (TPSA) is 50.5 Å². The number of hydrogen-bond acceptors (Lipinski definition) is 4. The molecular formula is C17H16N4OS. The predicted molar refractivity (Wildman–Crippen MR) is 90.0 cm³/mol. The van der Waals surface area contributed by atoms with Crippen molar-refractivity contribution < 1.29 is 4.79 Å². The maximum absolute atomic E-state index is 12.6. The summed E-state index contributed by atoms with van der Waals surface area (Å²) in [5.41, 5.74) is 1.88. The lowest BCUT2D eigenvalue weighted by Gasteiger charge is -2.22. The number of amides is 1. The number of hydrogen-bond donors (Lipinski definition) is 0. The Hall–Kier alpha value is -2.47. The van der Waals surface area contributed by atoms with Gasteiger partial charge in [-0.2, -0.15) is 11.3 Å². The summed E-state index contributed by atoms with van der Waals surface area (Å²) in [6.07, 6.45) is 7.39. The average Bonchev–Trinajstić information content (AvgIpc) is 3.31. The third-order valence-corrected chi connectivity index (χ3v) is 4.84. The van der Waals surface area contributed by atoms with Crippen molar-refractivity contribution >= 4 is 29.0 Å². The van der Waals surface area contributed by atoms with Crippen LogP contribution in [0.25, 0.3) is 11.7 Å². The Morgan fingerprint density at radius 2 is 2.26 bits per heavy atom. The molecule has 1 aliphatic heterocycles. The van der Waals surface area contributed by atoms with Crippen LogP contribution in [0.4, 0.5) is 0 Å². The summed E-state index contributed by atoms with van der Waals surface area (Å²) < 4.78 is 1.97. The fourth-order valence-electron chi connectivity index (χ4n) is 3.02. The number of carbonyl (C=O) groups excluding carboxylic acids is 1. The standard InChI is InChI=1S/C17H16N4OS/c22-16(7-6-13-8-11-23-12-13)20-10-3-4-14(20)17-19-18-15-5-1-2-9-21(15)17/h1-2,5-9,11-12,14H,3-4,10H2/b7-6+/t14-/m1/s1. The summed E-state index contributed by atoms with van der Waals surface area (Å²) in [5.74, 6) is 0.877. The second-order valence-corrected chi connectivity index (χ2v) is 6.35. The van der Waals surface area contributed by atoms with E-state index in [2.05, 4.69) is 10.2 Å². The average molecular weight is 324 g/mol. The molecule has 4 heterocycles. The highest BCUT2D eigenvalue weighted by Gasteiger charge is 2.32. The van der Waals surface area contributed by atoms with Crippen LogP contribution in [0.15, 0.2) is 47.3 Å². The monoisotopic (exact) mass is 324 g/mol. The zero-order valence-corrected chi connectivity index (χ0v) is 13.3. The number of carbonyl (C=O) groups is 1. The van der Waals surface area contributed by atoms with Crippen LogP contribution < -0.4 is 0 Å². The second-order valence-electron chi connectivity index (χ2n) is 5.57. The molecule has 4 rings (SSSR count). The molecule has 23 heavy (non-hydrogen) atoms. The first-order valence-corrected chi connectivity index (χ1v) is 8.58. The Morgan fingerprint density at radius 1 is 1.30 bits per heavy atom. The van der Waals surface area contributed by atoms with Crippen LogP contribution in [0.5, 0.6) is 0 Å². The highest BCUT2D eigenvalue weighted by molar-refractivity contribution is 7.08. The molecule has 1 fully saturated rings. The zero-order chi connectivity index (χ0) is 15.6. The molecule has 0 spiro atoms. The molecule has 0 unspecified atom stereocenters. The maximum atomic E-state index is 12.6. The molecule has 1 aliphatic rings. The minimum Gasteiger partial charge on any atom is -0.329 e. The molecule has 0 aliphatic carbocycles. The Kier molecular flexibility index (Phi) is 3.67. The van der Waals surface area contributed by atoms with E-state index in [9.17, 15) is 4.79 Å². The van der Waals surface area contributed by atoms with E-state index < -0.39 is 0 Å². The number of nitrogens with zero attached hydrogens (tertiary/aromatic N) is 4. The lowest BCUT2D eigenvalue weighted by atomic mass is 10.2. The van der Waals surface area contributed by atoms with Crippen molar-refractivity contribution in [2.24, 2.45) is 0 Å². The van der Waals surface area contributed by atoms with Gasteiger partial charge >= 0.3 is 0 Å². The minimum atomic E-state index is -0.00738. The Morgan fingerprint density at radius 3 is 3.13 bits per heavy atom. The van der Waals surface area contributed by atoms with E-state index in [-0.39, 0.29) is 11.9 Å². The van der Waals surface area contributed by atoms with E-state index in [1.54, 1.807) is 17.4 Å². The van der Waals surface area contributed by atoms with Crippen LogP contribution in [0.3, 0.4) is 0 Å². The van der Waals surface area contributed by atoms with Crippen molar-refractivity contribution in [3.63, 3.8) is 0 Å². The smallest absolute Gasteiger partial charge is 0.247 e.